The Bertz CT molecular complexity index is 802. The second kappa shape index (κ2) is 41.8. The number of aliphatic hydroxyl groups is 2. The molecule has 3 atom stereocenters. The molecule has 6 nitrogen and oxygen atoms in total. The van der Waals surface area contributed by atoms with Gasteiger partial charge in [0.05, 0.1) is 25.2 Å². The number of allylic oxidation sites excluding steroid dienone is 2. The molecule has 0 aromatic carbocycles. The summed E-state index contributed by atoms with van der Waals surface area (Å²) in [6.45, 7) is 6.40. The van der Waals surface area contributed by atoms with Crippen LogP contribution in [0.3, 0.4) is 0 Å². The van der Waals surface area contributed by atoms with E-state index in [1.807, 2.05) is 0 Å². The summed E-state index contributed by atoms with van der Waals surface area (Å²) in [5, 5.41) is 23.6. The maximum absolute atomic E-state index is 13.1. The summed E-state index contributed by atoms with van der Waals surface area (Å²) in [5.74, 6) is -0.485. The number of ether oxygens (including phenoxy) is 1. The molecule has 0 heterocycles. The van der Waals surface area contributed by atoms with Crippen LogP contribution in [0.15, 0.2) is 12.2 Å². The quantitative estimate of drug-likeness (QED) is 0.0328. The van der Waals surface area contributed by atoms with Crippen molar-refractivity contribution in [2.24, 2.45) is 0 Å². The van der Waals surface area contributed by atoms with Gasteiger partial charge in [-0.05, 0) is 44.9 Å². The highest BCUT2D eigenvalue weighted by molar-refractivity contribution is 5.77. The van der Waals surface area contributed by atoms with Crippen LogP contribution in [-0.2, 0) is 14.3 Å². The minimum atomic E-state index is -0.784. The van der Waals surface area contributed by atoms with Gasteiger partial charge in [0.15, 0.2) is 0 Å². The van der Waals surface area contributed by atoms with Crippen LogP contribution < -0.4 is 5.32 Å². The zero-order valence-electron chi connectivity index (χ0n) is 35.7. The molecule has 0 aliphatic rings. The first-order valence-electron chi connectivity index (χ1n) is 23.4. The van der Waals surface area contributed by atoms with Gasteiger partial charge in [0.2, 0.25) is 5.91 Å². The average Bonchev–Trinajstić information content (AvgIpc) is 3.15. The van der Waals surface area contributed by atoms with Crippen molar-refractivity contribution in [1.82, 2.24) is 5.32 Å². The van der Waals surface area contributed by atoms with Crippen LogP contribution in [0, 0.1) is 0 Å². The molecule has 0 saturated carbocycles. The number of unbranched alkanes of at least 4 members (excludes halogenated alkanes) is 28. The fourth-order valence-electron chi connectivity index (χ4n) is 7.26. The third-order valence-corrected chi connectivity index (χ3v) is 10.8. The lowest BCUT2D eigenvalue weighted by molar-refractivity contribution is -0.151. The van der Waals surface area contributed by atoms with Crippen molar-refractivity contribution in [2.45, 2.75) is 270 Å². The summed E-state index contributed by atoms with van der Waals surface area (Å²) in [6.07, 6.45) is 44.3. The number of esters is 1. The summed E-state index contributed by atoms with van der Waals surface area (Å²) in [5.41, 5.74) is 0. The van der Waals surface area contributed by atoms with Crippen LogP contribution >= 0.6 is 0 Å². The zero-order chi connectivity index (χ0) is 38.9. The van der Waals surface area contributed by atoms with Crippen LogP contribution in [-0.4, -0.2) is 46.9 Å². The van der Waals surface area contributed by atoms with Crippen molar-refractivity contribution in [3.8, 4) is 0 Å². The Morgan fingerprint density at radius 2 is 0.943 bits per heavy atom. The minimum absolute atomic E-state index is 0.0719. The van der Waals surface area contributed by atoms with E-state index < -0.39 is 18.2 Å². The van der Waals surface area contributed by atoms with E-state index >= 15 is 0 Å². The fraction of sp³-hybridized carbons (Fsp3) is 0.915. The molecule has 3 unspecified atom stereocenters. The van der Waals surface area contributed by atoms with Crippen molar-refractivity contribution >= 4 is 11.9 Å². The average molecular weight is 750 g/mol. The molecule has 0 aromatic rings. The van der Waals surface area contributed by atoms with Gasteiger partial charge in [-0.2, -0.15) is 0 Å². The molecule has 0 rings (SSSR count). The molecule has 0 aliphatic heterocycles. The lowest BCUT2D eigenvalue weighted by atomic mass is 10.0. The topological polar surface area (TPSA) is 95.9 Å². The van der Waals surface area contributed by atoms with Gasteiger partial charge in [0.25, 0.3) is 0 Å². The Kier molecular flexibility index (Phi) is 40.7. The number of carbonyl (C=O) groups excluding carboxylic acids is 2. The molecule has 0 bridgehead atoms. The van der Waals surface area contributed by atoms with Crippen molar-refractivity contribution in [2.75, 3.05) is 6.61 Å². The van der Waals surface area contributed by atoms with E-state index in [1.165, 1.54) is 141 Å². The summed E-state index contributed by atoms with van der Waals surface area (Å²) in [4.78, 5) is 25.9. The number of nitrogens with one attached hydrogen (secondary N) is 1. The lowest BCUT2D eigenvalue weighted by Gasteiger charge is -2.24. The molecule has 0 saturated heterocycles. The molecule has 0 fully saturated rings. The van der Waals surface area contributed by atoms with E-state index in [1.54, 1.807) is 0 Å². The number of hydrogen-bond donors (Lipinski definition) is 3. The van der Waals surface area contributed by atoms with Gasteiger partial charge in [-0.1, -0.05) is 206 Å². The summed E-state index contributed by atoms with van der Waals surface area (Å²) >= 11 is 0. The van der Waals surface area contributed by atoms with Gasteiger partial charge in [-0.25, -0.2) is 0 Å². The summed E-state index contributed by atoms with van der Waals surface area (Å²) in [6, 6.07) is -0.697. The van der Waals surface area contributed by atoms with Gasteiger partial charge in [-0.15, -0.1) is 0 Å². The number of hydrogen-bond acceptors (Lipinski definition) is 5. The first-order chi connectivity index (χ1) is 26.0. The Balaban J connectivity index is 4.39. The Labute approximate surface area is 329 Å². The highest BCUT2D eigenvalue weighted by Gasteiger charge is 2.24. The van der Waals surface area contributed by atoms with E-state index in [2.05, 4.69) is 38.2 Å². The predicted molar refractivity (Wildman–Crippen MR) is 227 cm³/mol. The molecule has 0 aliphatic carbocycles. The highest BCUT2D eigenvalue weighted by Crippen LogP contribution is 2.18. The number of aliphatic hydroxyl groups excluding tert-OH is 2. The highest BCUT2D eigenvalue weighted by atomic mass is 16.5. The molecule has 53 heavy (non-hydrogen) atoms. The molecule has 314 valence electrons. The standard InChI is InChI=1S/C47H91NO5/c1-4-7-10-13-16-19-21-22-23-24-25-26-27-30-33-36-39-45(50)44(42-49)48-46(51)41-43(38-35-32-29-18-15-12-9-6-3)53-47(52)40-37-34-31-28-20-17-14-11-8-5-2/h12,15,43-45,49-50H,4-11,13-14,16-42H2,1-3H3,(H,48,51)/b15-12-. The third kappa shape index (κ3) is 37.3. The SMILES string of the molecule is CCC/C=C\CCCCCC(CC(=O)NC(CO)C(O)CCCCCCCCCCCCCCCCCC)OC(=O)CCCCCCCCCCCC. The maximum Gasteiger partial charge on any atom is 0.306 e. The second-order valence-electron chi connectivity index (χ2n) is 16.2. The molecule has 0 radical (unpaired) electrons. The van der Waals surface area contributed by atoms with Crippen LogP contribution in [0.25, 0.3) is 0 Å². The molecule has 0 aromatic heterocycles. The predicted octanol–water partition coefficient (Wildman–Crippen LogP) is 13.4. The van der Waals surface area contributed by atoms with Crippen molar-refractivity contribution in [1.29, 1.82) is 0 Å². The molecule has 1 amide bonds. The van der Waals surface area contributed by atoms with Gasteiger partial charge < -0.3 is 20.3 Å². The molecular weight excluding hydrogens is 659 g/mol. The molecule has 3 N–H and O–H groups in total. The fourth-order valence-corrected chi connectivity index (χ4v) is 7.26. The van der Waals surface area contributed by atoms with Crippen molar-refractivity contribution in [3.63, 3.8) is 0 Å². The number of carbonyl (C=O) groups is 2. The Morgan fingerprint density at radius 3 is 1.42 bits per heavy atom. The van der Waals surface area contributed by atoms with Crippen LogP contribution in [0.2, 0.25) is 0 Å². The largest absolute Gasteiger partial charge is 0.462 e. The summed E-state index contributed by atoms with van der Waals surface area (Å²) < 4.78 is 5.86. The lowest BCUT2D eigenvalue weighted by Crippen LogP contribution is -2.46. The van der Waals surface area contributed by atoms with E-state index in [9.17, 15) is 19.8 Å². The first kappa shape index (κ1) is 51.6. The smallest absolute Gasteiger partial charge is 0.306 e. The molecule has 6 heteroatoms. The minimum Gasteiger partial charge on any atom is -0.462 e. The van der Waals surface area contributed by atoms with Gasteiger partial charge in [-0.3, -0.25) is 9.59 Å². The number of amides is 1. The van der Waals surface area contributed by atoms with Crippen LogP contribution in [0.1, 0.15) is 252 Å². The first-order valence-corrected chi connectivity index (χ1v) is 23.4. The van der Waals surface area contributed by atoms with E-state index in [0.717, 1.165) is 64.2 Å². The van der Waals surface area contributed by atoms with Gasteiger partial charge >= 0.3 is 5.97 Å². The maximum atomic E-state index is 13.1. The van der Waals surface area contributed by atoms with Crippen molar-refractivity contribution in [3.05, 3.63) is 12.2 Å². The Morgan fingerprint density at radius 1 is 0.528 bits per heavy atom. The summed E-state index contributed by atoms with van der Waals surface area (Å²) in [7, 11) is 0. The molecular formula is C47H91NO5. The Hall–Kier alpha value is -1.40. The van der Waals surface area contributed by atoms with E-state index in [4.69, 9.17) is 4.74 Å². The number of rotatable bonds is 42. The van der Waals surface area contributed by atoms with E-state index in [0.29, 0.717) is 19.3 Å². The second-order valence-corrected chi connectivity index (χ2v) is 16.2. The third-order valence-electron chi connectivity index (χ3n) is 10.8. The zero-order valence-corrected chi connectivity index (χ0v) is 35.7. The molecule has 0 spiro atoms. The normalized spacial score (nSPS) is 13.4. The van der Waals surface area contributed by atoms with Gasteiger partial charge in [0.1, 0.15) is 6.10 Å². The monoisotopic (exact) mass is 750 g/mol. The van der Waals surface area contributed by atoms with Gasteiger partial charge in [0, 0.05) is 6.42 Å². The van der Waals surface area contributed by atoms with E-state index in [-0.39, 0.29) is 24.9 Å². The van der Waals surface area contributed by atoms with Crippen LogP contribution in [0.5, 0.6) is 0 Å². The van der Waals surface area contributed by atoms with Crippen LogP contribution in [0.4, 0.5) is 0 Å². The van der Waals surface area contributed by atoms with Crippen molar-refractivity contribution < 1.29 is 24.5 Å².